The molecule has 0 fully saturated rings. The predicted octanol–water partition coefficient (Wildman–Crippen LogP) is 19.3. The molecule has 0 aliphatic heterocycles. The molecule has 426 valence electrons. The summed E-state index contributed by atoms with van der Waals surface area (Å²) in [5.74, 6) is -0.182. The number of hydrogen-bond donors (Lipinski definition) is 3. The van der Waals surface area contributed by atoms with Crippen molar-refractivity contribution in [2.24, 2.45) is 0 Å². The largest absolute Gasteiger partial charge is 0.472 e. The third kappa shape index (κ3) is 56.4. The highest BCUT2D eigenvalue weighted by molar-refractivity contribution is 7.47. The number of phosphoric ester groups is 1. The Labute approximate surface area is 448 Å². The number of rotatable bonds is 58. The van der Waals surface area contributed by atoms with E-state index in [1.54, 1.807) is 6.08 Å². The van der Waals surface area contributed by atoms with E-state index in [1.807, 2.05) is 27.2 Å². The first kappa shape index (κ1) is 70.7. The first-order valence-corrected chi connectivity index (χ1v) is 32.9. The molecule has 1 amide bonds. The lowest BCUT2D eigenvalue weighted by atomic mass is 10.0. The summed E-state index contributed by atoms with van der Waals surface area (Å²) in [7, 11) is 1.57. The minimum Gasteiger partial charge on any atom is -0.387 e. The summed E-state index contributed by atoms with van der Waals surface area (Å²) in [5.41, 5.74) is 0. The summed E-state index contributed by atoms with van der Waals surface area (Å²) in [4.78, 5) is 23.3. The van der Waals surface area contributed by atoms with Crippen molar-refractivity contribution >= 4 is 13.7 Å². The molecule has 0 rings (SSSR count). The van der Waals surface area contributed by atoms with E-state index in [-0.39, 0.29) is 19.1 Å². The normalized spacial score (nSPS) is 14.0. The molecule has 0 aromatic heterocycles. The molecule has 72 heavy (non-hydrogen) atoms. The Kier molecular flexibility index (Phi) is 53.5. The molecule has 0 saturated heterocycles. The van der Waals surface area contributed by atoms with Crippen molar-refractivity contribution < 1.29 is 32.9 Å². The number of nitrogens with zero attached hydrogens (tertiary/aromatic N) is 1. The molecule has 0 heterocycles. The first-order valence-electron chi connectivity index (χ1n) is 31.4. The Morgan fingerprint density at radius 3 is 1.11 bits per heavy atom. The van der Waals surface area contributed by atoms with Gasteiger partial charge in [-0.15, -0.1) is 0 Å². The van der Waals surface area contributed by atoms with Crippen LogP contribution in [0, 0.1) is 0 Å². The fraction of sp³-hybridized carbons (Fsp3) is 0.889. The maximum Gasteiger partial charge on any atom is 0.472 e. The van der Waals surface area contributed by atoms with E-state index >= 15 is 0 Å². The number of likely N-dealkylation sites (N-methyl/N-ethyl adjacent to an activating group) is 1. The number of aliphatic hydroxyl groups is 1. The fourth-order valence-corrected chi connectivity index (χ4v) is 10.1. The number of allylic oxidation sites excluding steroid dienone is 5. The van der Waals surface area contributed by atoms with Crippen LogP contribution < -0.4 is 5.32 Å². The lowest BCUT2D eigenvalue weighted by molar-refractivity contribution is -0.870. The summed E-state index contributed by atoms with van der Waals surface area (Å²) in [6.45, 7) is 4.81. The van der Waals surface area contributed by atoms with Crippen molar-refractivity contribution in [1.29, 1.82) is 0 Å². The van der Waals surface area contributed by atoms with Gasteiger partial charge in [-0.1, -0.05) is 281 Å². The summed E-state index contributed by atoms with van der Waals surface area (Å²) in [5, 5.41) is 13.9. The van der Waals surface area contributed by atoms with Crippen LogP contribution in [0.2, 0.25) is 0 Å². The number of hydrogen-bond acceptors (Lipinski definition) is 5. The average Bonchev–Trinajstić information content (AvgIpc) is 3.34. The number of nitrogens with one attached hydrogen (secondary N) is 1. The second kappa shape index (κ2) is 54.5. The molecule has 0 spiro atoms. The van der Waals surface area contributed by atoms with Gasteiger partial charge in [-0.3, -0.25) is 13.8 Å². The molecule has 0 aliphatic carbocycles. The predicted molar refractivity (Wildman–Crippen MR) is 314 cm³/mol. The quantitative estimate of drug-likeness (QED) is 0.0243. The van der Waals surface area contributed by atoms with E-state index < -0.39 is 20.0 Å². The van der Waals surface area contributed by atoms with Crippen LogP contribution in [0.4, 0.5) is 0 Å². The molecule has 3 atom stereocenters. The van der Waals surface area contributed by atoms with Crippen LogP contribution in [0.25, 0.3) is 0 Å². The number of carbonyl (C=O) groups is 1. The first-order chi connectivity index (χ1) is 35.0. The highest BCUT2D eigenvalue weighted by Gasteiger charge is 2.27. The monoisotopic (exact) mass is 1040 g/mol. The molecule has 9 heteroatoms. The third-order valence-corrected chi connectivity index (χ3v) is 15.3. The van der Waals surface area contributed by atoms with Gasteiger partial charge in [0.05, 0.1) is 39.9 Å². The van der Waals surface area contributed by atoms with Crippen molar-refractivity contribution in [2.45, 2.75) is 321 Å². The highest BCUT2D eigenvalue weighted by atomic mass is 31.2. The Balaban J connectivity index is 3.90. The van der Waals surface area contributed by atoms with Gasteiger partial charge in [0.15, 0.2) is 0 Å². The molecule has 0 aliphatic rings. The minimum atomic E-state index is -4.35. The zero-order valence-corrected chi connectivity index (χ0v) is 49.6. The van der Waals surface area contributed by atoms with Gasteiger partial charge >= 0.3 is 7.82 Å². The summed E-state index contributed by atoms with van der Waals surface area (Å²) < 4.78 is 23.7. The Bertz CT molecular complexity index is 1270. The Morgan fingerprint density at radius 2 is 0.764 bits per heavy atom. The molecule has 8 nitrogen and oxygen atoms in total. The van der Waals surface area contributed by atoms with Gasteiger partial charge in [0, 0.05) is 6.42 Å². The van der Waals surface area contributed by atoms with Crippen molar-refractivity contribution in [3.05, 3.63) is 36.5 Å². The minimum absolute atomic E-state index is 0.0578. The topological polar surface area (TPSA) is 105 Å². The summed E-state index contributed by atoms with van der Waals surface area (Å²) >= 11 is 0. The molecule has 0 saturated carbocycles. The molecule has 0 aromatic carbocycles. The van der Waals surface area contributed by atoms with Gasteiger partial charge in [-0.2, -0.15) is 0 Å². The Morgan fingerprint density at radius 1 is 0.458 bits per heavy atom. The highest BCUT2D eigenvalue weighted by Crippen LogP contribution is 2.43. The van der Waals surface area contributed by atoms with E-state index in [2.05, 4.69) is 43.5 Å². The zero-order chi connectivity index (χ0) is 52.7. The van der Waals surface area contributed by atoms with Crippen molar-refractivity contribution in [3.63, 3.8) is 0 Å². The lowest BCUT2D eigenvalue weighted by Gasteiger charge is -2.25. The van der Waals surface area contributed by atoms with Gasteiger partial charge in [0.1, 0.15) is 13.2 Å². The number of amides is 1. The van der Waals surface area contributed by atoms with Gasteiger partial charge in [-0.05, 0) is 57.8 Å². The van der Waals surface area contributed by atoms with E-state index in [1.165, 1.54) is 250 Å². The standard InChI is InChI=1S/C63H123N2O6P/c1-6-8-10-12-14-16-18-20-21-22-23-24-25-26-27-28-29-30-31-32-33-34-35-36-37-38-39-40-41-42-43-45-47-49-51-53-55-57-63(67)64-61(60-71-72(68,69)70-59-58-65(3,4)5)62(66)56-54-52-50-48-46-44-19-17-15-13-11-9-7-2/h22-23,46,48,54,56,61-62,66H,6-21,24-45,47,49-53,55,57-60H2,1-5H3,(H-,64,67,68,69)/p+1/b23-22-,48-46+,56-54+. The Hall–Kier alpha value is -1.28. The second-order valence-corrected chi connectivity index (χ2v) is 24.2. The second-order valence-electron chi connectivity index (χ2n) is 22.8. The SMILES string of the molecule is CCCCCCCCC/C=C/CC/C=C/C(O)C(COP(=O)(O)OCC[N+](C)(C)C)NC(=O)CCCCCCCCCCCCCCCCCCCCCCCCCCC/C=C\CCCCCCCCCC. The molecule has 3 N–H and O–H groups in total. The molecule has 3 unspecified atom stereocenters. The summed E-state index contributed by atoms with van der Waals surface area (Å²) in [6, 6.07) is -0.860. The van der Waals surface area contributed by atoms with Crippen LogP contribution in [-0.4, -0.2) is 73.4 Å². The van der Waals surface area contributed by atoms with Crippen LogP contribution in [0.15, 0.2) is 36.5 Å². The van der Waals surface area contributed by atoms with Crippen LogP contribution in [0.5, 0.6) is 0 Å². The van der Waals surface area contributed by atoms with Crippen LogP contribution >= 0.6 is 7.82 Å². The molecular weight excluding hydrogens is 912 g/mol. The van der Waals surface area contributed by atoms with Crippen LogP contribution in [0.3, 0.4) is 0 Å². The zero-order valence-electron chi connectivity index (χ0n) is 48.7. The van der Waals surface area contributed by atoms with Gasteiger partial charge in [0.25, 0.3) is 0 Å². The molecule has 0 aromatic rings. The fourth-order valence-electron chi connectivity index (χ4n) is 9.41. The van der Waals surface area contributed by atoms with E-state index in [9.17, 15) is 19.4 Å². The van der Waals surface area contributed by atoms with Crippen molar-refractivity contribution in [3.8, 4) is 0 Å². The lowest BCUT2D eigenvalue weighted by Crippen LogP contribution is -2.45. The van der Waals surface area contributed by atoms with Gasteiger partial charge in [0.2, 0.25) is 5.91 Å². The number of phosphoric acid groups is 1. The van der Waals surface area contributed by atoms with Crippen LogP contribution in [-0.2, 0) is 18.4 Å². The maximum atomic E-state index is 13.0. The van der Waals surface area contributed by atoms with Crippen molar-refractivity contribution in [2.75, 3.05) is 40.9 Å². The van der Waals surface area contributed by atoms with Gasteiger partial charge < -0.3 is 19.8 Å². The van der Waals surface area contributed by atoms with Crippen LogP contribution in [0.1, 0.15) is 309 Å². The van der Waals surface area contributed by atoms with E-state index in [0.717, 1.165) is 38.5 Å². The van der Waals surface area contributed by atoms with E-state index in [4.69, 9.17) is 9.05 Å². The molecule has 0 bridgehead atoms. The number of quaternary nitrogens is 1. The number of aliphatic hydroxyl groups excluding tert-OH is 1. The van der Waals surface area contributed by atoms with Crippen molar-refractivity contribution in [1.82, 2.24) is 5.32 Å². The van der Waals surface area contributed by atoms with Gasteiger partial charge in [-0.25, -0.2) is 4.57 Å². The number of unbranched alkanes of at least 4 members (excludes halogenated alkanes) is 41. The summed E-state index contributed by atoms with van der Waals surface area (Å²) in [6.07, 6.45) is 71.5. The third-order valence-electron chi connectivity index (χ3n) is 14.3. The average molecular weight is 1040 g/mol. The van der Waals surface area contributed by atoms with E-state index in [0.29, 0.717) is 17.4 Å². The molecule has 0 radical (unpaired) electrons. The smallest absolute Gasteiger partial charge is 0.387 e. The maximum absolute atomic E-state index is 13.0. The number of carbonyl (C=O) groups excluding carboxylic acids is 1. The molecular formula is C63H124N2O6P+.